The van der Waals surface area contributed by atoms with Crippen LogP contribution < -0.4 is 0 Å². The standard InChI is InChI=1S/C9H7N2/c1-7-5-8-3-2-4-10-9(8)6-11-7/h2-5H,1H3. The van der Waals surface area contributed by atoms with Crippen molar-refractivity contribution in [3.8, 4) is 0 Å². The van der Waals surface area contributed by atoms with Gasteiger partial charge in [0.05, 0.1) is 5.52 Å². The SMILES string of the molecule is Cc1cc2cccnc2[c]n1. The zero-order chi connectivity index (χ0) is 7.68. The molecule has 0 aromatic carbocycles. The summed E-state index contributed by atoms with van der Waals surface area (Å²) in [6.07, 6.45) is 4.60. The van der Waals surface area contributed by atoms with Crippen LogP contribution in [0.1, 0.15) is 5.69 Å². The number of hydrogen-bond donors (Lipinski definition) is 0. The van der Waals surface area contributed by atoms with Gasteiger partial charge in [-0.25, -0.2) is 4.98 Å². The van der Waals surface area contributed by atoms with Crippen LogP contribution in [0.5, 0.6) is 0 Å². The average molecular weight is 143 g/mol. The molecule has 0 unspecified atom stereocenters. The van der Waals surface area contributed by atoms with Crippen LogP contribution in [0.25, 0.3) is 10.9 Å². The van der Waals surface area contributed by atoms with Gasteiger partial charge in [-0.2, -0.15) is 0 Å². The van der Waals surface area contributed by atoms with Gasteiger partial charge in [-0.1, -0.05) is 6.07 Å². The Labute approximate surface area is 64.9 Å². The molecule has 0 saturated heterocycles. The van der Waals surface area contributed by atoms with Gasteiger partial charge in [-0.15, -0.1) is 0 Å². The van der Waals surface area contributed by atoms with Gasteiger partial charge in [0, 0.05) is 17.3 Å². The number of hydrogen-bond acceptors (Lipinski definition) is 2. The maximum absolute atomic E-state index is 4.10. The number of aryl methyl sites for hydroxylation is 1. The summed E-state index contributed by atoms with van der Waals surface area (Å²) in [6, 6.07) is 5.92. The van der Waals surface area contributed by atoms with Gasteiger partial charge in [0.15, 0.2) is 0 Å². The molecule has 0 N–H and O–H groups in total. The summed E-state index contributed by atoms with van der Waals surface area (Å²) in [7, 11) is 0. The van der Waals surface area contributed by atoms with Crippen LogP contribution >= 0.6 is 0 Å². The largest absolute Gasteiger partial charge is 0.254 e. The van der Waals surface area contributed by atoms with Crippen molar-refractivity contribution in [2.75, 3.05) is 0 Å². The smallest absolute Gasteiger partial charge is 0.117 e. The highest BCUT2D eigenvalue weighted by Gasteiger charge is 1.92. The van der Waals surface area contributed by atoms with E-state index in [9.17, 15) is 0 Å². The Kier molecular flexibility index (Phi) is 1.32. The first-order valence-electron chi connectivity index (χ1n) is 3.46. The van der Waals surface area contributed by atoms with E-state index in [2.05, 4.69) is 16.2 Å². The number of aromatic nitrogens is 2. The van der Waals surface area contributed by atoms with E-state index in [1.807, 2.05) is 25.1 Å². The van der Waals surface area contributed by atoms with Crippen molar-refractivity contribution in [3.05, 3.63) is 36.3 Å². The number of nitrogens with zero attached hydrogens (tertiary/aromatic N) is 2. The molecule has 2 heteroatoms. The minimum absolute atomic E-state index is 0.832. The van der Waals surface area contributed by atoms with Gasteiger partial charge in [-0.3, -0.25) is 4.98 Å². The van der Waals surface area contributed by atoms with Gasteiger partial charge < -0.3 is 0 Å². The molecule has 0 saturated carbocycles. The third-order valence-electron chi connectivity index (χ3n) is 1.54. The summed E-state index contributed by atoms with van der Waals surface area (Å²) in [6.45, 7) is 1.95. The van der Waals surface area contributed by atoms with Gasteiger partial charge in [0.25, 0.3) is 0 Å². The molecule has 0 aliphatic carbocycles. The molecule has 0 fully saturated rings. The predicted octanol–water partition coefficient (Wildman–Crippen LogP) is 1.74. The van der Waals surface area contributed by atoms with Gasteiger partial charge >= 0.3 is 0 Å². The lowest BCUT2D eigenvalue weighted by Gasteiger charge is -1.94. The molecule has 2 heterocycles. The molecule has 2 aromatic heterocycles. The molecule has 1 radical (unpaired) electrons. The van der Waals surface area contributed by atoms with Crippen LogP contribution in [0.3, 0.4) is 0 Å². The Balaban J connectivity index is 2.83. The normalized spacial score (nSPS) is 10.3. The summed E-state index contributed by atoms with van der Waals surface area (Å²) in [5, 5.41) is 1.10. The summed E-state index contributed by atoms with van der Waals surface area (Å²) in [5.41, 5.74) is 1.81. The van der Waals surface area contributed by atoms with Crippen molar-refractivity contribution < 1.29 is 0 Å². The topological polar surface area (TPSA) is 25.8 Å². The fraction of sp³-hybridized carbons (Fsp3) is 0.111. The molecule has 2 nitrogen and oxygen atoms in total. The second-order valence-electron chi connectivity index (χ2n) is 2.45. The van der Waals surface area contributed by atoms with Crippen molar-refractivity contribution in [2.24, 2.45) is 0 Å². The van der Waals surface area contributed by atoms with Crippen LogP contribution in [-0.2, 0) is 0 Å². The van der Waals surface area contributed by atoms with Crippen LogP contribution in [0.15, 0.2) is 24.4 Å². The lowest BCUT2D eigenvalue weighted by molar-refractivity contribution is 1.20. The second kappa shape index (κ2) is 2.31. The van der Waals surface area contributed by atoms with Crippen molar-refractivity contribution in [3.63, 3.8) is 0 Å². The molecular formula is C9H7N2. The molecule has 11 heavy (non-hydrogen) atoms. The van der Waals surface area contributed by atoms with Crippen LogP contribution in [0, 0.1) is 13.1 Å². The Morgan fingerprint density at radius 1 is 1.45 bits per heavy atom. The zero-order valence-corrected chi connectivity index (χ0v) is 6.20. The quantitative estimate of drug-likeness (QED) is 0.561. The minimum atomic E-state index is 0.832. The Morgan fingerprint density at radius 3 is 3.27 bits per heavy atom. The minimum Gasteiger partial charge on any atom is -0.254 e. The van der Waals surface area contributed by atoms with E-state index in [4.69, 9.17) is 0 Å². The lowest BCUT2D eigenvalue weighted by atomic mass is 10.2. The third-order valence-corrected chi connectivity index (χ3v) is 1.54. The van der Waals surface area contributed by atoms with E-state index in [0.29, 0.717) is 0 Å². The van der Waals surface area contributed by atoms with E-state index in [1.165, 1.54) is 0 Å². The van der Waals surface area contributed by atoms with Crippen LogP contribution in [0.4, 0.5) is 0 Å². The van der Waals surface area contributed by atoms with Gasteiger partial charge in [0.2, 0.25) is 0 Å². The molecule has 0 aliphatic heterocycles. The van der Waals surface area contributed by atoms with Gasteiger partial charge in [-0.05, 0) is 19.1 Å². The molecular weight excluding hydrogens is 136 g/mol. The highest BCUT2D eigenvalue weighted by atomic mass is 14.7. The van der Waals surface area contributed by atoms with E-state index in [0.717, 1.165) is 16.6 Å². The van der Waals surface area contributed by atoms with E-state index < -0.39 is 0 Å². The maximum Gasteiger partial charge on any atom is 0.117 e. The van der Waals surface area contributed by atoms with Crippen molar-refractivity contribution in [1.82, 2.24) is 9.97 Å². The van der Waals surface area contributed by atoms with E-state index >= 15 is 0 Å². The van der Waals surface area contributed by atoms with E-state index in [-0.39, 0.29) is 0 Å². The molecule has 0 spiro atoms. The Bertz CT molecular complexity index is 382. The summed E-state index contributed by atoms with van der Waals surface area (Å²) in [4.78, 5) is 8.12. The van der Waals surface area contributed by atoms with Gasteiger partial charge in [0.1, 0.15) is 6.20 Å². The zero-order valence-electron chi connectivity index (χ0n) is 6.20. The van der Waals surface area contributed by atoms with Crippen LogP contribution in [-0.4, -0.2) is 9.97 Å². The number of pyridine rings is 2. The molecule has 2 aromatic rings. The monoisotopic (exact) mass is 143 g/mol. The third kappa shape index (κ3) is 1.07. The first kappa shape index (κ1) is 6.28. The van der Waals surface area contributed by atoms with Crippen molar-refractivity contribution in [2.45, 2.75) is 6.92 Å². The Hall–Kier alpha value is -1.44. The molecule has 2 rings (SSSR count). The van der Waals surface area contributed by atoms with Crippen LogP contribution in [0.2, 0.25) is 0 Å². The highest BCUT2D eigenvalue weighted by Crippen LogP contribution is 2.08. The second-order valence-corrected chi connectivity index (χ2v) is 2.45. The fourth-order valence-corrected chi connectivity index (χ4v) is 1.03. The maximum atomic E-state index is 4.10. The molecule has 0 aliphatic rings. The summed E-state index contributed by atoms with van der Waals surface area (Å²) < 4.78 is 0. The summed E-state index contributed by atoms with van der Waals surface area (Å²) in [5.74, 6) is 0. The molecule has 0 amide bonds. The molecule has 53 valence electrons. The predicted molar refractivity (Wildman–Crippen MR) is 43.1 cm³/mol. The van der Waals surface area contributed by atoms with Crippen molar-refractivity contribution in [1.29, 1.82) is 0 Å². The first-order chi connectivity index (χ1) is 5.36. The molecule has 0 atom stereocenters. The summed E-state index contributed by atoms with van der Waals surface area (Å²) >= 11 is 0. The number of rotatable bonds is 0. The Morgan fingerprint density at radius 2 is 2.36 bits per heavy atom. The fourth-order valence-electron chi connectivity index (χ4n) is 1.03. The average Bonchev–Trinajstić information content (AvgIpc) is 2.04. The lowest BCUT2D eigenvalue weighted by Crippen LogP contribution is -1.83. The highest BCUT2D eigenvalue weighted by molar-refractivity contribution is 5.76. The van der Waals surface area contributed by atoms with E-state index in [1.54, 1.807) is 6.20 Å². The number of fused-ring (bicyclic) bond motifs is 1. The van der Waals surface area contributed by atoms with Crippen molar-refractivity contribution >= 4 is 10.9 Å². The molecule has 0 bridgehead atoms. The first-order valence-corrected chi connectivity index (χ1v) is 3.46.